The Hall–Kier alpha value is -2.04. The van der Waals surface area contributed by atoms with E-state index in [1.165, 1.54) is 21.9 Å². The highest BCUT2D eigenvalue weighted by Crippen LogP contribution is 2.24. The Balaban J connectivity index is 2.53. The van der Waals surface area contributed by atoms with Crippen LogP contribution in [0, 0.1) is 0 Å². The van der Waals surface area contributed by atoms with Crippen molar-refractivity contribution in [2.24, 2.45) is 0 Å². The molecule has 0 heterocycles. The molecule has 0 spiro atoms. The maximum atomic E-state index is 3.73. The van der Waals surface area contributed by atoms with Crippen molar-refractivity contribution in [3.05, 3.63) is 65.0 Å². The molecule has 0 aliphatic heterocycles. The maximum absolute atomic E-state index is 3.73. The minimum atomic E-state index is 1.09. The number of hydrogen-bond acceptors (Lipinski definition) is 0. The largest absolute Gasteiger partial charge is 0.120 e. The molecule has 0 N–H and O–H groups in total. The Morgan fingerprint density at radius 3 is 2.53 bits per heavy atom. The minimum Gasteiger partial charge on any atom is -0.120 e. The van der Waals surface area contributed by atoms with Gasteiger partial charge in [0, 0.05) is 5.22 Å². The quantitative estimate of drug-likeness (QED) is 0.509. The first kappa shape index (κ1) is 8.28. The zero-order valence-corrected chi connectivity index (χ0v) is 8.33. The van der Waals surface area contributed by atoms with Crippen molar-refractivity contribution in [3.8, 4) is 11.1 Å². The molecule has 0 nitrogen and oxygen atoms in total. The fourth-order valence-corrected chi connectivity index (χ4v) is 2.13. The van der Waals surface area contributed by atoms with Gasteiger partial charge >= 0.3 is 0 Å². The van der Waals surface area contributed by atoms with Gasteiger partial charge in [0.2, 0.25) is 0 Å². The molecule has 2 aromatic carbocycles. The van der Waals surface area contributed by atoms with Crippen LogP contribution in [-0.2, 0) is 0 Å². The fourth-order valence-electron chi connectivity index (χ4n) is 2.13. The highest BCUT2D eigenvalue weighted by atomic mass is 14.1. The zero-order chi connectivity index (χ0) is 10.3. The van der Waals surface area contributed by atoms with Crippen LogP contribution in [-0.4, -0.2) is 0 Å². The molecule has 3 rings (SSSR count). The van der Waals surface area contributed by atoms with E-state index in [4.69, 9.17) is 0 Å². The summed E-state index contributed by atoms with van der Waals surface area (Å²) in [4.78, 5) is 0. The van der Waals surface area contributed by atoms with Crippen LogP contribution in [0.2, 0.25) is 0 Å². The standard InChI is InChI=1S/C15H10/c1-2-11-7-5-9-14-13-8-4-3-6-12(13)10-15(11)14/h3-10H,1H2. The van der Waals surface area contributed by atoms with Crippen LogP contribution in [0.25, 0.3) is 22.9 Å². The number of hydrogen-bond donors (Lipinski definition) is 0. The summed E-state index contributed by atoms with van der Waals surface area (Å²) in [5.74, 6) is 0. The molecule has 1 aliphatic rings. The molecule has 15 heavy (non-hydrogen) atoms. The first-order chi connectivity index (χ1) is 7.40. The van der Waals surface area contributed by atoms with Gasteiger partial charge in [-0.3, -0.25) is 0 Å². The van der Waals surface area contributed by atoms with Gasteiger partial charge in [0.1, 0.15) is 0 Å². The summed E-state index contributed by atoms with van der Waals surface area (Å²) in [6, 6.07) is 14.7. The predicted molar refractivity (Wildman–Crippen MR) is 63.7 cm³/mol. The molecule has 0 unspecified atom stereocenters. The van der Waals surface area contributed by atoms with Crippen molar-refractivity contribution in [3.63, 3.8) is 0 Å². The first-order valence-electron chi connectivity index (χ1n) is 5.00. The van der Waals surface area contributed by atoms with Gasteiger partial charge in [-0.15, -0.1) is 5.73 Å². The summed E-state index contributed by atoms with van der Waals surface area (Å²) in [6.45, 7) is 3.73. The summed E-state index contributed by atoms with van der Waals surface area (Å²) in [6.07, 6.45) is 2.21. The molecule has 70 valence electrons. The van der Waals surface area contributed by atoms with Crippen molar-refractivity contribution in [2.45, 2.75) is 0 Å². The Labute approximate surface area is 88.5 Å². The molecule has 0 amide bonds. The predicted octanol–water partition coefficient (Wildman–Crippen LogP) is 2.06. The summed E-state index contributed by atoms with van der Waals surface area (Å²) in [5, 5.41) is 2.33. The lowest BCUT2D eigenvalue weighted by atomic mass is 10.1. The Morgan fingerprint density at radius 1 is 0.867 bits per heavy atom. The van der Waals surface area contributed by atoms with E-state index in [0.29, 0.717) is 0 Å². The van der Waals surface area contributed by atoms with Crippen LogP contribution in [0.4, 0.5) is 0 Å². The smallest absolute Gasteiger partial charge is 0.0237 e. The molecule has 1 aliphatic carbocycles. The molecule has 0 aromatic heterocycles. The summed E-state index contributed by atoms with van der Waals surface area (Å²) < 4.78 is 0. The van der Waals surface area contributed by atoms with Gasteiger partial charge < -0.3 is 0 Å². The lowest BCUT2D eigenvalue weighted by molar-refractivity contribution is 1.54. The average Bonchev–Trinajstić information content (AvgIpc) is 2.67. The molecular formula is C15H10. The van der Waals surface area contributed by atoms with E-state index in [2.05, 4.69) is 54.8 Å². The van der Waals surface area contributed by atoms with E-state index in [-0.39, 0.29) is 0 Å². The second kappa shape index (κ2) is 2.98. The van der Waals surface area contributed by atoms with Gasteiger partial charge in [-0.25, -0.2) is 0 Å². The van der Waals surface area contributed by atoms with E-state index >= 15 is 0 Å². The number of fused-ring (bicyclic) bond motifs is 3. The average molecular weight is 190 g/mol. The third-order valence-corrected chi connectivity index (χ3v) is 2.85. The summed E-state index contributed by atoms with van der Waals surface area (Å²) >= 11 is 0. The Kier molecular flexibility index (Phi) is 1.65. The van der Waals surface area contributed by atoms with E-state index < -0.39 is 0 Å². The SMILES string of the molecule is C=C=c1cccc2c1=Cc1ccccc1-2. The van der Waals surface area contributed by atoms with Gasteiger partial charge in [-0.05, 0) is 34.1 Å². The van der Waals surface area contributed by atoms with Crippen LogP contribution < -0.4 is 10.4 Å². The minimum absolute atomic E-state index is 1.09. The highest BCUT2D eigenvalue weighted by molar-refractivity contribution is 5.82. The van der Waals surface area contributed by atoms with Crippen molar-refractivity contribution in [1.29, 1.82) is 0 Å². The summed E-state index contributed by atoms with van der Waals surface area (Å²) in [5.41, 5.74) is 6.87. The zero-order valence-electron chi connectivity index (χ0n) is 8.33. The van der Waals surface area contributed by atoms with Gasteiger partial charge in [-0.1, -0.05) is 43.0 Å². The molecule has 0 radical (unpaired) electrons. The Morgan fingerprint density at radius 2 is 1.67 bits per heavy atom. The van der Waals surface area contributed by atoms with E-state index in [1.54, 1.807) is 0 Å². The van der Waals surface area contributed by atoms with Gasteiger partial charge in [0.05, 0.1) is 0 Å². The lowest BCUT2D eigenvalue weighted by Gasteiger charge is -1.98. The normalized spacial score (nSPS) is 11.2. The van der Waals surface area contributed by atoms with Crippen molar-refractivity contribution >= 4 is 11.8 Å². The number of rotatable bonds is 0. The van der Waals surface area contributed by atoms with Gasteiger partial charge in [-0.2, -0.15) is 0 Å². The molecule has 0 saturated carbocycles. The summed E-state index contributed by atoms with van der Waals surface area (Å²) in [7, 11) is 0. The molecule has 0 bridgehead atoms. The maximum Gasteiger partial charge on any atom is 0.0237 e. The molecule has 0 saturated heterocycles. The van der Waals surface area contributed by atoms with Crippen LogP contribution in [0.1, 0.15) is 5.56 Å². The lowest BCUT2D eigenvalue weighted by Crippen LogP contribution is -2.22. The van der Waals surface area contributed by atoms with Crippen LogP contribution in [0.15, 0.2) is 49.0 Å². The molecule has 2 aromatic rings. The van der Waals surface area contributed by atoms with Gasteiger partial charge in [0.15, 0.2) is 0 Å². The van der Waals surface area contributed by atoms with Crippen molar-refractivity contribution in [2.75, 3.05) is 0 Å². The van der Waals surface area contributed by atoms with Crippen molar-refractivity contribution < 1.29 is 0 Å². The van der Waals surface area contributed by atoms with Crippen LogP contribution in [0.3, 0.4) is 0 Å². The van der Waals surface area contributed by atoms with Gasteiger partial charge in [0.25, 0.3) is 0 Å². The van der Waals surface area contributed by atoms with Crippen molar-refractivity contribution in [1.82, 2.24) is 0 Å². The Bertz CT molecular complexity index is 671. The fraction of sp³-hybridized carbons (Fsp3) is 0. The van der Waals surface area contributed by atoms with Crippen LogP contribution >= 0.6 is 0 Å². The second-order valence-electron chi connectivity index (χ2n) is 3.68. The van der Waals surface area contributed by atoms with E-state index in [9.17, 15) is 0 Å². The van der Waals surface area contributed by atoms with Crippen LogP contribution in [0.5, 0.6) is 0 Å². The third-order valence-electron chi connectivity index (χ3n) is 2.85. The number of benzene rings is 2. The molecular weight excluding hydrogens is 180 g/mol. The molecule has 0 fully saturated rings. The highest BCUT2D eigenvalue weighted by Gasteiger charge is 2.10. The second-order valence-corrected chi connectivity index (χ2v) is 3.68. The first-order valence-corrected chi connectivity index (χ1v) is 5.00. The third kappa shape index (κ3) is 1.09. The van der Waals surface area contributed by atoms with E-state index in [0.717, 1.165) is 5.22 Å². The molecule has 0 atom stereocenters. The topological polar surface area (TPSA) is 0 Å². The monoisotopic (exact) mass is 190 g/mol. The molecule has 0 heteroatoms. The van der Waals surface area contributed by atoms with E-state index in [1.807, 2.05) is 6.07 Å².